The molecule has 0 aliphatic rings. The van der Waals surface area contributed by atoms with Gasteiger partial charge in [-0.1, -0.05) is 0 Å². The number of hydrogen-bond donors (Lipinski definition) is 3. The summed E-state index contributed by atoms with van der Waals surface area (Å²) >= 11 is 4.92. The van der Waals surface area contributed by atoms with Gasteiger partial charge in [0.25, 0.3) is 15.7 Å². The minimum Gasteiger partial charge on any atom is -0.467 e. The fraction of sp³-hybridized carbons (Fsp3) is 0.0833. The lowest BCUT2D eigenvalue weighted by atomic mass is 10.3. The number of furan rings is 1. The van der Waals surface area contributed by atoms with Crippen LogP contribution in [-0.2, 0) is 16.6 Å². The second-order valence-corrected chi connectivity index (χ2v) is 6.33. The lowest BCUT2D eigenvalue weighted by Gasteiger charge is -2.11. The Hall–Kier alpha value is -2.50. The van der Waals surface area contributed by atoms with Crippen LogP contribution in [0.25, 0.3) is 0 Å². The third-order valence-electron chi connectivity index (χ3n) is 2.66. The van der Waals surface area contributed by atoms with E-state index in [-0.39, 0.29) is 22.2 Å². The molecule has 0 radical (unpaired) electrons. The van der Waals surface area contributed by atoms with Gasteiger partial charge in [-0.05, 0) is 36.5 Å². The molecule has 3 N–H and O–H groups in total. The van der Waals surface area contributed by atoms with Crippen molar-refractivity contribution in [2.45, 2.75) is 11.4 Å². The maximum atomic E-state index is 12.0. The predicted octanol–water partition coefficient (Wildman–Crippen LogP) is 1.05. The molecule has 0 spiro atoms. The zero-order chi connectivity index (χ0) is 16.9. The van der Waals surface area contributed by atoms with Gasteiger partial charge in [0.1, 0.15) is 5.76 Å². The quantitative estimate of drug-likeness (QED) is 0.398. The molecule has 0 fully saturated rings. The Morgan fingerprint density at radius 3 is 2.52 bits per heavy atom. The Bertz CT molecular complexity index is 787. The Balaban J connectivity index is 1.90. The van der Waals surface area contributed by atoms with Gasteiger partial charge in [-0.25, -0.2) is 8.42 Å². The molecule has 2 rings (SSSR count). The predicted molar refractivity (Wildman–Crippen MR) is 84.7 cm³/mol. The second kappa shape index (κ2) is 7.17. The maximum Gasteiger partial charge on any atom is 0.269 e. The number of hydrogen-bond acceptors (Lipinski definition) is 6. The molecular weight excluding hydrogens is 344 g/mol. The third-order valence-corrected chi connectivity index (χ3v) is 4.17. The number of nitro benzene ring substituents is 1. The maximum absolute atomic E-state index is 12.0. The fourth-order valence-electron chi connectivity index (χ4n) is 1.54. The van der Waals surface area contributed by atoms with Crippen LogP contribution in [0, 0.1) is 10.1 Å². The number of nitrogens with one attached hydrogen (secondary N) is 3. The van der Waals surface area contributed by atoms with Crippen LogP contribution >= 0.6 is 12.2 Å². The Kier molecular flexibility index (Phi) is 5.26. The van der Waals surface area contributed by atoms with E-state index in [1.54, 1.807) is 12.1 Å². The van der Waals surface area contributed by atoms with Crippen molar-refractivity contribution in [3.63, 3.8) is 0 Å². The molecule has 122 valence electrons. The Labute approximate surface area is 136 Å². The molecule has 0 saturated heterocycles. The average Bonchev–Trinajstić information content (AvgIpc) is 3.04. The minimum absolute atomic E-state index is 0.0480. The first-order valence-corrected chi connectivity index (χ1v) is 8.10. The summed E-state index contributed by atoms with van der Waals surface area (Å²) in [6.07, 6.45) is 1.50. The van der Waals surface area contributed by atoms with Crippen molar-refractivity contribution in [2.75, 3.05) is 0 Å². The third kappa shape index (κ3) is 4.74. The van der Waals surface area contributed by atoms with Crippen molar-refractivity contribution in [1.29, 1.82) is 0 Å². The molecule has 11 heteroatoms. The van der Waals surface area contributed by atoms with Crippen LogP contribution in [0.3, 0.4) is 0 Å². The zero-order valence-electron chi connectivity index (χ0n) is 11.6. The monoisotopic (exact) mass is 356 g/mol. The largest absolute Gasteiger partial charge is 0.467 e. The summed E-state index contributed by atoms with van der Waals surface area (Å²) in [5.74, 6) is 0.632. The molecule has 0 aliphatic heterocycles. The molecule has 1 aromatic carbocycles. The molecule has 9 nitrogen and oxygen atoms in total. The van der Waals surface area contributed by atoms with Gasteiger partial charge < -0.3 is 9.73 Å². The first-order valence-electron chi connectivity index (χ1n) is 6.21. The summed E-state index contributed by atoms with van der Waals surface area (Å²) in [5, 5.41) is 13.3. The van der Waals surface area contributed by atoms with Gasteiger partial charge in [-0.3, -0.25) is 15.5 Å². The first kappa shape index (κ1) is 16.9. The standard InChI is InChI=1S/C12H12N4O5S2/c17-16(18)9-3-5-11(6-4-9)23(19,20)15-14-12(22)13-8-10-2-1-7-21-10/h1-7,15H,8H2,(H2,13,14,22). The molecule has 1 heterocycles. The van der Waals surface area contributed by atoms with Crippen LogP contribution in [-0.4, -0.2) is 18.5 Å². The van der Waals surface area contributed by atoms with Crippen molar-refractivity contribution >= 4 is 33.0 Å². The SMILES string of the molecule is O=[N+]([O-])c1ccc(S(=O)(=O)NNC(=S)NCc2ccco2)cc1. The van der Waals surface area contributed by atoms with Gasteiger partial charge in [-0.2, -0.15) is 0 Å². The van der Waals surface area contributed by atoms with Crippen LogP contribution in [0.4, 0.5) is 5.69 Å². The van der Waals surface area contributed by atoms with Gasteiger partial charge in [0.15, 0.2) is 5.11 Å². The molecule has 2 aromatic rings. The van der Waals surface area contributed by atoms with Crippen LogP contribution < -0.4 is 15.6 Å². The van der Waals surface area contributed by atoms with Crippen LogP contribution in [0.2, 0.25) is 0 Å². The van der Waals surface area contributed by atoms with E-state index in [1.807, 2.05) is 0 Å². The normalized spacial score (nSPS) is 11.0. The molecule has 0 unspecified atom stereocenters. The summed E-state index contributed by atoms with van der Waals surface area (Å²) in [6, 6.07) is 7.90. The topological polar surface area (TPSA) is 127 Å². The first-order chi connectivity index (χ1) is 10.9. The summed E-state index contributed by atoms with van der Waals surface area (Å²) in [5.41, 5.74) is 2.13. The van der Waals surface area contributed by atoms with Gasteiger partial charge in [0.2, 0.25) is 0 Å². The van der Waals surface area contributed by atoms with Crippen molar-refractivity contribution in [2.24, 2.45) is 0 Å². The number of nitrogens with zero attached hydrogens (tertiary/aromatic N) is 1. The van der Waals surface area contributed by atoms with Crippen LogP contribution in [0.5, 0.6) is 0 Å². The van der Waals surface area contributed by atoms with Crippen molar-refractivity contribution < 1.29 is 17.8 Å². The lowest BCUT2D eigenvalue weighted by Crippen LogP contribution is -2.46. The number of nitro groups is 1. The number of benzene rings is 1. The number of rotatable bonds is 6. The van der Waals surface area contributed by atoms with Crippen molar-refractivity contribution in [3.05, 3.63) is 58.5 Å². The number of thiocarbonyl (C=S) groups is 1. The molecule has 1 aromatic heterocycles. The van der Waals surface area contributed by atoms with Crippen LogP contribution in [0.15, 0.2) is 52.0 Å². The highest BCUT2D eigenvalue weighted by molar-refractivity contribution is 7.89. The Morgan fingerprint density at radius 2 is 1.96 bits per heavy atom. The molecule has 0 atom stereocenters. The summed E-state index contributed by atoms with van der Waals surface area (Å²) in [4.78, 5) is 11.9. The summed E-state index contributed by atoms with van der Waals surface area (Å²) in [7, 11) is -3.90. The molecule has 23 heavy (non-hydrogen) atoms. The fourth-order valence-corrected chi connectivity index (χ4v) is 2.58. The van der Waals surface area contributed by atoms with Crippen LogP contribution in [0.1, 0.15) is 5.76 Å². The highest BCUT2D eigenvalue weighted by Crippen LogP contribution is 2.15. The van der Waals surface area contributed by atoms with Gasteiger partial charge >= 0.3 is 0 Å². The van der Waals surface area contributed by atoms with E-state index >= 15 is 0 Å². The molecule has 0 amide bonds. The van der Waals surface area contributed by atoms with Gasteiger partial charge in [0, 0.05) is 12.1 Å². The molecule has 0 bridgehead atoms. The van der Waals surface area contributed by atoms with Gasteiger partial charge in [-0.15, -0.1) is 4.83 Å². The van der Waals surface area contributed by atoms with E-state index in [9.17, 15) is 18.5 Å². The van der Waals surface area contributed by atoms with Gasteiger partial charge in [0.05, 0.1) is 22.6 Å². The number of non-ortho nitro benzene ring substituents is 1. The van der Waals surface area contributed by atoms with E-state index in [1.165, 1.54) is 6.26 Å². The smallest absolute Gasteiger partial charge is 0.269 e. The highest BCUT2D eigenvalue weighted by atomic mass is 32.2. The minimum atomic E-state index is -3.90. The molecule has 0 aliphatic carbocycles. The van der Waals surface area contributed by atoms with Crippen molar-refractivity contribution in [3.8, 4) is 0 Å². The highest BCUT2D eigenvalue weighted by Gasteiger charge is 2.16. The lowest BCUT2D eigenvalue weighted by molar-refractivity contribution is -0.384. The molecule has 0 saturated carbocycles. The zero-order valence-corrected chi connectivity index (χ0v) is 13.2. The Morgan fingerprint density at radius 1 is 1.26 bits per heavy atom. The summed E-state index contributed by atoms with van der Waals surface area (Å²) < 4.78 is 29.1. The number of hydrazine groups is 1. The van der Waals surface area contributed by atoms with E-state index in [2.05, 4.69) is 15.6 Å². The van der Waals surface area contributed by atoms with E-state index in [0.29, 0.717) is 5.76 Å². The number of sulfonamides is 1. The molecular formula is C12H12N4O5S2. The second-order valence-electron chi connectivity index (χ2n) is 4.24. The van der Waals surface area contributed by atoms with E-state index in [4.69, 9.17) is 16.6 Å². The average molecular weight is 356 g/mol. The van der Waals surface area contributed by atoms with Crippen molar-refractivity contribution in [1.82, 2.24) is 15.6 Å². The summed E-state index contributed by atoms with van der Waals surface area (Å²) in [6.45, 7) is 0.290. The van der Waals surface area contributed by atoms with E-state index in [0.717, 1.165) is 24.3 Å². The van der Waals surface area contributed by atoms with E-state index < -0.39 is 14.9 Å².